The van der Waals surface area contributed by atoms with Crippen LogP contribution in [0, 0.1) is 12.8 Å². The summed E-state index contributed by atoms with van der Waals surface area (Å²) in [4.78, 5) is 31.0. The number of hydrogen-bond acceptors (Lipinski definition) is 6. The number of nitrogens with zero attached hydrogens (tertiary/aromatic N) is 2. The van der Waals surface area contributed by atoms with Crippen molar-refractivity contribution in [2.45, 2.75) is 58.6 Å². The second kappa shape index (κ2) is 12.4. The lowest BCUT2D eigenvalue weighted by molar-refractivity contribution is -0.141. The van der Waals surface area contributed by atoms with Gasteiger partial charge in [-0.2, -0.15) is 0 Å². The van der Waals surface area contributed by atoms with Crippen LogP contribution in [-0.4, -0.2) is 55.2 Å². The van der Waals surface area contributed by atoms with Gasteiger partial charge in [0.1, 0.15) is 30.8 Å². The van der Waals surface area contributed by atoms with Crippen molar-refractivity contribution in [1.29, 1.82) is 0 Å². The summed E-state index contributed by atoms with van der Waals surface area (Å²) in [7, 11) is 2.06. The summed E-state index contributed by atoms with van der Waals surface area (Å²) in [6.07, 6.45) is 9.63. The van der Waals surface area contributed by atoms with Crippen molar-refractivity contribution in [3.63, 3.8) is 0 Å². The Morgan fingerprint density at radius 3 is 2.69 bits per heavy atom. The standard InChI is InChI=1S/C38H40N2O5/c1-25-9-12-28(13-10-25)23-44-36(41)21-32-27(3)40(38(4)19-7-6-8-33(32)38)37(42)29-14-16-30(17-15-29)43-24-31-22-39(5)34-18-11-26(2)20-35(34)45-31/h7,9,11-18,20,25,31H,10,19,21-24H2,1-5H3/t25?,31-,38?/m0/s1. The van der Waals surface area contributed by atoms with E-state index in [0.29, 0.717) is 36.8 Å². The Hall–Kier alpha value is -4.70. The third-order valence-corrected chi connectivity index (χ3v) is 9.05. The molecule has 0 fully saturated rings. The Morgan fingerprint density at radius 1 is 1.13 bits per heavy atom. The molecule has 0 radical (unpaired) electrons. The van der Waals surface area contributed by atoms with E-state index in [0.717, 1.165) is 45.8 Å². The Kier molecular flexibility index (Phi) is 8.33. The lowest BCUT2D eigenvalue weighted by atomic mass is 9.83. The maximum absolute atomic E-state index is 14.0. The lowest BCUT2D eigenvalue weighted by Crippen LogP contribution is -2.46. The van der Waals surface area contributed by atoms with Crippen molar-refractivity contribution >= 4 is 17.6 Å². The van der Waals surface area contributed by atoms with E-state index >= 15 is 0 Å². The molecule has 0 aromatic heterocycles. The van der Waals surface area contributed by atoms with E-state index < -0.39 is 5.54 Å². The minimum atomic E-state index is -0.666. The van der Waals surface area contributed by atoms with Gasteiger partial charge in [0.15, 0.2) is 0 Å². The molecule has 2 aromatic carbocycles. The van der Waals surface area contributed by atoms with Gasteiger partial charge >= 0.3 is 5.97 Å². The van der Waals surface area contributed by atoms with Gasteiger partial charge in [-0.05, 0) is 92.3 Å². The molecular formula is C38H40N2O5. The van der Waals surface area contributed by atoms with Crippen LogP contribution in [0.4, 0.5) is 5.69 Å². The van der Waals surface area contributed by atoms with Gasteiger partial charge in [-0.15, -0.1) is 0 Å². The molecular weight excluding hydrogens is 564 g/mol. The molecule has 2 aromatic rings. The highest BCUT2D eigenvalue weighted by Gasteiger charge is 2.48. The normalized spacial score (nSPS) is 23.2. The molecule has 6 rings (SSSR count). The molecule has 1 amide bonds. The second-order valence-electron chi connectivity index (χ2n) is 12.6. The molecule has 45 heavy (non-hydrogen) atoms. The quantitative estimate of drug-likeness (QED) is 0.242. The SMILES string of the molecule is CC1=C(CC(=O)OCC2=CCC(C)C=C2)C2=C=C=CCC2(C)N1C(=O)c1ccc(OC[C@@H]2CN(C)c3ccc(C)cc3O2)cc1. The molecule has 232 valence electrons. The van der Waals surface area contributed by atoms with Crippen molar-refractivity contribution < 1.29 is 23.8 Å². The predicted octanol–water partition coefficient (Wildman–Crippen LogP) is 6.86. The van der Waals surface area contributed by atoms with Gasteiger partial charge < -0.3 is 24.0 Å². The highest BCUT2D eigenvalue weighted by molar-refractivity contribution is 5.97. The zero-order valence-corrected chi connectivity index (χ0v) is 26.7. The molecule has 0 saturated carbocycles. The van der Waals surface area contributed by atoms with E-state index in [9.17, 15) is 9.59 Å². The average Bonchev–Trinajstić information content (AvgIpc) is 3.24. The van der Waals surface area contributed by atoms with Crippen LogP contribution in [0.25, 0.3) is 0 Å². The number of anilines is 1. The van der Waals surface area contributed by atoms with Crippen molar-refractivity contribution in [1.82, 2.24) is 4.90 Å². The Bertz CT molecular complexity index is 1720. The van der Waals surface area contributed by atoms with E-state index in [1.165, 1.54) is 0 Å². The summed E-state index contributed by atoms with van der Waals surface area (Å²) in [5, 5.41) is 0. The summed E-state index contributed by atoms with van der Waals surface area (Å²) < 4.78 is 17.9. The van der Waals surface area contributed by atoms with Crippen molar-refractivity contribution in [3.05, 3.63) is 112 Å². The number of carbonyl (C=O) groups is 2. The maximum Gasteiger partial charge on any atom is 0.310 e. The molecule has 2 unspecified atom stereocenters. The number of likely N-dealkylation sites (N-methyl/N-ethyl adjacent to an activating group) is 1. The molecule has 4 aliphatic rings. The smallest absolute Gasteiger partial charge is 0.310 e. The first-order chi connectivity index (χ1) is 21.6. The van der Waals surface area contributed by atoms with Crippen LogP contribution in [0.5, 0.6) is 11.5 Å². The van der Waals surface area contributed by atoms with Crippen LogP contribution in [0.2, 0.25) is 0 Å². The maximum atomic E-state index is 14.0. The third-order valence-electron chi connectivity index (χ3n) is 9.05. The van der Waals surface area contributed by atoms with Gasteiger partial charge in [0, 0.05) is 30.3 Å². The molecule has 7 nitrogen and oxygen atoms in total. The van der Waals surface area contributed by atoms with E-state index in [1.54, 1.807) is 17.0 Å². The van der Waals surface area contributed by atoms with E-state index in [4.69, 9.17) is 14.2 Å². The molecule has 2 aliphatic carbocycles. The van der Waals surface area contributed by atoms with Gasteiger partial charge in [-0.1, -0.05) is 42.7 Å². The fourth-order valence-corrected chi connectivity index (χ4v) is 6.48. The van der Waals surface area contributed by atoms with Crippen LogP contribution in [0.1, 0.15) is 56.0 Å². The fraction of sp³-hybridized carbons (Fsp3) is 0.368. The third kappa shape index (κ3) is 6.15. The number of carbonyl (C=O) groups excluding carboxylic acids is 2. The largest absolute Gasteiger partial charge is 0.490 e. The lowest BCUT2D eigenvalue weighted by Gasteiger charge is -2.37. The van der Waals surface area contributed by atoms with Gasteiger partial charge in [-0.3, -0.25) is 9.59 Å². The van der Waals surface area contributed by atoms with E-state index in [-0.39, 0.29) is 31.0 Å². The Labute approximate surface area is 265 Å². The number of esters is 1. The number of benzene rings is 2. The van der Waals surface area contributed by atoms with Crippen molar-refractivity contribution in [2.75, 3.05) is 31.7 Å². The van der Waals surface area contributed by atoms with Gasteiger partial charge in [-0.25, -0.2) is 0 Å². The zero-order chi connectivity index (χ0) is 31.7. The summed E-state index contributed by atoms with van der Waals surface area (Å²) in [5.41, 5.74) is 11.7. The first kappa shape index (κ1) is 30.3. The highest BCUT2D eigenvalue weighted by atomic mass is 16.5. The molecule has 3 atom stereocenters. The number of amides is 1. The molecule has 2 heterocycles. The predicted molar refractivity (Wildman–Crippen MR) is 174 cm³/mol. The molecule has 0 bridgehead atoms. The summed E-state index contributed by atoms with van der Waals surface area (Å²) in [6.45, 7) is 9.46. The molecule has 2 aliphatic heterocycles. The number of hydrogen-bond donors (Lipinski definition) is 0. The monoisotopic (exact) mass is 604 g/mol. The highest BCUT2D eigenvalue weighted by Crippen LogP contribution is 2.46. The van der Waals surface area contributed by atoms with Crippen molar-refractivity contribution in [3.8, 4) is 11.5 Å². The number of fused-ring (bicyclic) bond motifs is 2. The minimum absolute atomic E-state index is 0.0673. The summed E-state index contributed by atoms with van der Waals surface area (Å²) >= 11 is 0. The molecule has 0 N–H and O–H groups in total. The van der Waals surface area contributed by atoms with Crippen LogP contribution < -0.4 is 14.4 Å². The molecule has 7 heteroatoms. The fourth-order valence-electron chi connectivity index (χ4n) is 6.48. The van der Waals surface area contributed by atoms with Crippen molar-refractivity contribution in [2.24, 2.45) is 5.92 Å². The van der Waals surface area contributed by atoms with Gasteiger partial charge in [0.05, 0.1) is 24.2 Å². The minimum Gasteiger partial charge on any atom is -0.490 e. The topological polar surface area (TPSA) is 68.3 Å². The zero-order valence-electron chi connectivity index (χ0n) is 26.7. The van der Waals surface area contributed by atoms with Gasteiger partial charge in [0.25, 0.3) is 5.91 Å². The van der Waals surface area contributed by atoms with E-state index in [2.05, 4.69) is 61.5 Å². The summed E-state index contributed by atoms with van der Waals surface area (Å²) in [5.74, 6) is 1.56. The first-order valence-corrected chi connectivity index (χ1v) is 15.6. The number of allylic oxidation sites excluding steroid dienone is 3. The number of aryl methyl sites for hydroxylation is 1. The molecule has 0 spiro atoms. The van der Waals surface area contributed by atoms with Gasteiger partial charge in [0.2, 0.25) is 0 Å². The van der Waals surface area contributed by atoms with Crippen LogP contribution in [0.15, 0.2) is 101 Å². The van der Waals surface area contributed by atoms with Crippen LogP contribution in [-0.2, 0) is 9.53 Å². The number of rotatable bonds is 8. The Balaban J connectivity index is 1.12. The van der Waals surface area contributed by atoms with Crippen LogP contribution in [0.3, 0.4) is 0 Å². The molecule has 0 saturated heterocycles. The second-order valence-corrected chi connectivity index (χ2v) is 12.6. The van der Waals surface area contributed by atoms with Crippen LogP contribution >= 0.6 is 0 Å². The summed E-state index contributed by atoms with van der Waals surface area (Å²) in [6, 6.07) is 13.4. The average molecular weight is 605 g/mol. The van der Waals surface area contributed by atoms with E-state index in [1.807, 2.05) is 44.2 Å². The Morgan fingerprint density at radius 2 is 1.93 bits per heavy atom. The number of ether oxygens (including phenoxy) is 3. The first-order valence-electron chi connectivity index (χ1n) is 15.6.